The van der Waals surface area contributed by atoms with Crippen LogP contribution >= 0.6 is 0 Å². The molecule has 0 aliphatic heterocycles. The average Bonchev–Trinajstić information content (AvgIpc) is 2.37. The Bertz CT molecular complexity index is 392. The monoisotopic (exact) mass is 303 g/mol. The lowest BCUT2D eigenvalue weighted by Gasteiger charge is -2.27. The van der Waals surface area contributed by atoms with Gasteiger partial charge in [-0.2, -0.15) is 0 Å². The van der Waals surface area contributed by atoms with Crippen LogP contribution in [-0.4, -0.2) is 88.6 Å². The molecule has 0 spiro atoms. The zero-order valence-electron chi connectivity index (χ0n) is 12.4. The summed E-state index contributed by atoms with van der Waals surface area (Å²) in [5.74, 6) is -2.94. The molecule has 120 valence electrons. The van der Waals surface area contributed by atoms with Gasteiger partial charge in [-0.05, 0) is 13.8 Å². The van der Waals surface area contributed by atoms with Gasteiger partial charge < -0.3 is 24.9 Å². The van der Waals surface area contributed by atoms with Gasteiger partial charge in [-0.1, -0.05) is 0 Å². The molecular weight excluding hydrogens is 282 g/mol. The fraction of sp³-hybridized carbons (Fsp3) is 0.667. The molecule has 0 saturated carbocycles. The quantitative estimate of drug-likeness (QED) is 0.617. The third-order valence-electron chi connectivity index (χ3n) is 2.74. The first-order valence-corrected chi connectivity index (χ1v) is 6.44. The normalized spacial score (nSPS) is 9.86. The van der Waals surface area contributed by atoms with Crippen molar-refractivity contribution < 1.29 is 29.4 Å². The Balaban J connectivity index is 4.79. The fourth-order valence-corrected chi connectivity index (χ4v) is 1.71. The predicted molar refractivity (Wildman–Crippen MR) is 72.8 cm³/mol. The van der Waals surface area contributed by atoms with Gasteiger partial charge in [0.15, 0.2) is 0 Å². The Hall–Kier alpha value is -2.32. The van der Waals surface area contributed by atoms with Crippen LogP contribution in [-0.2, 0) is 14.4 Å². The summed E-state index contributed by atoms with van der Waals surface area (Å²) in [7, 11) is 1.32. The van der Waals surface area contributed by atoms with E-state index < -0.39 is 31.1 Å². The number of hydrogen-bond donors (Lipinski definition) is 2. The Morgan fingerprint density at radius 3 is 1.57 bits per heavy atom. The molecule has 0 radical (unpaired) electrons. The van der Waals surface area contributed by atoms with Crippen LogP contribution in [0.3, 0.4) is 0 Å². The van der Waals surface area contributed by atoms with Crippen molar-refractivity contribution in [3.8, 4) is 0 Å². The molecule has 0 aliphatic carbocycles. The molecule has 21 heavy (non-hydrogen) atoms. The molecule has 9 nitrogen and oxygen atoms in total. The Kier molecular flexibility index (Phi) is 7.80. The molecule has 0 fully saturated rings. The minimum absolute atomic E-state index is 0.240. The van der Waals surface area contributed by atoms with Crippen LogP contribution in [0, 0.1) is 0 Å². The number of carbonyl (C=O) groups excluding carboxylic acids is 2. The number of urea groups is 1. The van der Waals surface area contributed by atoms with E-state index in [-0.39, 0.29) is 12.5 Å². The fourth-order valence-electron chi connectivity index (χ4n) is 1.71. The van der Waals surface area contributed by atoms with Crippen LogP contribution in [0.2, 0.25) is 0 Å². The van der Waals surface area contributed by atoms with Crippen LogP contribution in [0.1, 0.15) is 13.8 Å². The van der Waals surface area contributed by atoms with Crippen LogP contribution in [0.5, 0.6) is 0 Å². The maximum Gasteiger partial charge on any atom is 0.323 e. The third kappa shape index (κ3) is 6.59. The van der Waals surface area contributed by atoms with Gasteiger partial charge in [0.1, 0.15) is 19.6 Å². The van der Waals surface area contributed by atoms with E-state index in [9.17, 15) is 19.2 Å². The molecule has 0 saturated heterocycles. The van der Waals surface area contributed by atoms with Gasteiger partial charge in [-0.3, -0.25) is 14.4 Å². The minimum Gasteiger partial charge on any atom is -0.480 e. The minimum atomic E-state index is -1.33. The number of amides is 3. The average molecular weight is 303 g/mol. The van der Waals surface area contributed by atoms with E-state index in [0.29, 0.717) is 18.0 Å². The summed E-state index contributed by atoms with van der Waals surface area (Å²) in [6.07, 6.45) is 0. The molecule has 9 heteroatoms. The number of hydrogen-bond acceptors (Lipinski definition) is 4. The zero-order valence-corrected chi connectivity index (χ0v) is 12.4. The zero-order chi connectivity index (χ0) is 16.6. The van der Waals surface area contributed by atoms with Crippen molar-refractivity contribution >= 4 is 23.9 Å². The van der Waals surface area contributed by atoms with Crippen molar-refractivity contribution in [3.63, 3.8) is 0 Å². The van der Waals surface area contributed by atoms with E-state index in [4.69, 9.17) is 10.2 Å². The van der Waals surface area contributed by atoms with Crippen molar-refractivity contribution in [1.82, 2.24) is 14.7 Å². The van der Waals surface area contributed by atoms with Crippen molar-refractivity contribution in [2.45, 2.75) is 13.8 Å². The molecule has 0 atom stereocenters. The second-order valence-corrected chi connectivity index (χ2v) is 4.35. The second kappa shape index (κ2) is 8.77. The lowest BCUT2D eigenvalue weighted by atomic mass is 10.4. The molecule has 0 unspecified atom stereocenters. The molecule has 0 aromatic rings. The van der Waals surface area contributed by atoms with Crippen molar-refractivity contribution in [2.75, 3.05) is 39.8 Å². The van der Waals surface area contributed by atoms with E-state index in [1.165, 1.54) is 11.9 Å². The lowest BCUT2D eigenvalue weighted by Crippen LogP contribution is -2.49. The highest BCUT2D eigenvalue weighted by Gasteiger charge is 2.24. The molecule has 0 aromatic carbocycles. The van der Waals surface area contributed by atoms with Gasteiger partial charge in [-0.25, -0.2) is 4.79 Å². The number of aliphatic carboxylic acids is 2. The highest BCUT2D eigenvalue weighted by atomic mass is 16.4. The van der Waals surface area contributed by atoms with Gasteiger partial charge in [0.05, 0.1) is 0 Å². The van der Waals surface area contributed by atoms with E-state index in [0.717, 1.165) is 4.90 Å². The maximum atomic E-state index is 12.0. The van der Waals surface area contributed by atoms with Crippen LogP contribution in [0.15, 0.2) is 0 Å². The summed E-state index contributed by atoms with van der Waals surface area (Å²) in [5.41, 5.74) is 0. The van der Waals surface area contributed by atoms with E-state index in [1.54, 1.807) is 13.8 Å². The summed E-state index contributed by atoms with van der Waals surface area (Å²) >= 11 is 0. The van der Waals surface area contributed by atoms with Gasteiger partial charge in [0, 0.05) is 20.1 Å². The summed E-state index contributed by atoms with van der Waals surface area (Å²) in [6.45, 7) is 2.85. The first kappa shape index (κ1) is 18.7. The lowest BCUT2D eigenvalue weighted by molar-refractivity contribution is -0.140. The van der Waals surface area contributed by atoms with Crippen molar-refractivity contribution in [1.29, 1.82) is 0 Å². The molecule has 0 aliphatic rings. The Labute approximate surface area is 122 Å². The number of carboxylic acid groups (broad SMARTS) is 2. The summed E-state index contributed by atoms with van der Waals surface area (Å²) < 4.78 is 0. The Morgan fingerprint density at radius 2 is 1.24 bits per heavy atom. The number of carbonyl (C=O) groups is 4. The van der Waals surface area contributed by atoms with Gasteiger partial charge in [-0.15, -0.1) is 0 Å². The highest BCUT2D eigenvalue weighted by Crippen LogP contribution is 1.99. The molecule has 0 aromatic heterocycles. The Morgan fingerprint density at radius 1 is 0.810 bits per heavy atom. The molecular formula is C12H21N3O6. The predicted octanol–water partition coefficient (Wildman–Crippen LogP) is -0.622. The summed E-state index contributed by atoms with van der Waals surface area (Å²) in [4.78, 5) is 48.4. The number of rotatable bonds is 8. The van der Waals surface area contributed by atoms with Crippen LogP contribution in [0.25, 0.3) is 0 Å². The summed E-state index contributed by atoms with van der Waals surface area (Å²) in [6, 6.07) is -0.819. The maximum absolute atomic E-state index is 12.0. The van der Waals surface area contributed by atoms with Gasteiger partial charge in [0.25, 0.3) is 0 Å². The standard InChI is InChI=1S/C12H21N3O6/c1-4-14(5-2)9(16)6-13(3)12(21)15(7-10(17)18)8-11(19)20/h4-8H2,1-3H3,(H,17,18)(H,19,20). The molecule has 0 rings (SSSR count). The SMILES string of the molecule is CCN(CC)C(=O)CN(C)C(=O)N(CC(=O)O)CC(=O)O. The van der Waals surface area contributed by atoms with Crippen LogP contribution < -0.4 is 0 Å². The number of likely N-dealkylation sites (N-methyl/N-ethyl adjacent to an activating group) is 2. The number of nitrogens with zero attached hydrogens (tertiary/aromatic N) is 3. The second-order valence-electron chi connectivity index (χ2n) is 4.35. The molecule has 0 bridgehead atoms. The van der Waals surface area contributed by atoms with Gasteiger partial charge >= 0.3 is 18.0 Å². The topological polar surface area (TPSA) is 118 Å². The third-order valence-corrected chi connectivity index (χ3v) is 2.74. The van der Waals surface area contributed by atoms with Crippen molar-refractivity contribution in [2.24, 2.45) is 0 Å². The number of carboxylic acids is 2. The van der Waals surface area contributed by atoms with Crippen LogP contribution in [0.4, 0.5) is 4.79 Å². The first-order chi connectivity index (χ1) is 9.72. The smallest absolute Gasteiger partial charge is 0.323 e. The first-order valence-electron chi connectivity index (χ1n) is 6.44. The largest absolute Gasteiger partial charge is 0.480 e. The van der Waals surface area contributed by atoms with E-state index >= 15 is 0 Å². The van der Waals surface area contributed by atoms with Gasteiger partial charge in [0.2, 0.25) is 5.91 Å². The highest BCUT2D eigenvalue weighted by molar-refractivity contribution is 5.87. The van der Waals surface area contributed by atoms with E-state index in [2.05, 4.69) is 0 Å². The van der Waals surface area contributed by atoms with Crippen molar-refractivity contribution in [3.05, 3.63) is 0 Å². The molecule has 0 heterocycles. The molecule has 2 N–H and O–H groups in total. The molecule has 3 amide bonds. The van der Waals surface area contributed by atoms with E-state index in [1.807, 2.05) is 0 Å². The summed E-state index contributed by atoms with van der Waals surface area (Å²) in [5, 5.41) is 17.4.